The lowest BCUT2D eigenvalue weighted by molar-refractivity contribution is 0.606. The topological polar surface area (TPSA) is 29.9 Å². The molecule has 3 nitrogen and oxygen atoms in total. The average molecular weight is 221 g/mol. The molecule has 0 radical (unpaired) electrons. The molecule has 0 aromatic carbocycles. The van der Waals surface area contributed by atoms with E-state index < -0.39 is 0 Å². The lowest BCUT2D eigenvalue weighted by atomic mass is 10.1. The minimum Gasteiger partial charge on any atom is -0.353 e. The number of nitrogens with one attached hydrogen (secondary N) is 1. The molecule has 0 saturated heterocycles. The molecule has 3 heteroatoms. The third-order valence-electron chi connectivity index (χ3n) is 3.23. The van der Waals surface area contributed by atoms with Crippen LogP contribution < -0.4 is 5.32 Å². The molecule has 1 aromatic heterocycles. The molecule has 1 heterocycles. The first-order chi connectivity index (χ1) is 7.81. The first kappa shape index (κ1) is 11.5. The van der Waals surface area contributed by atoms with Crippen LogP contribution in [0.3, 0.4) is 0 Å². The highest BCUT2D eigenvalue weighted by Gasteiger charge is 2.25. The summed E-state index contributed by atoms with van der Waals surface area (Å²) in [6, 6.07) is 1.25. The molecule has 1 aliphatic rings. The van der Waals surface area contributed by atoms with Crippen molar-refractivity contribution in [2.45, 2.75) is 64.5 Å². The van der Waals surface area contributed by atoms with Gasteiger partial charge in [-0.2, -0.15) is 0 Å². The Morgan fingerprint density at radius 2 is 2.31 bits per heavy atom. The Balaban J connectivity index is 1.80. The van der Waals surface area contributed by atoms with E-state index in [0.717, 1.165) is 5.95 Å². The fraction of sp³-hybridized carbons (Fsp3) is 0.769. The zero-order valence-corrected chi connectivity index (χ0v) is 10.4. The second-order valence-corrected chi connectivity index (χ2v) is 4.93. The summed E-state index contributed by atoms with van der Waals surface area (Å²) in [5, 5.41) is 3.52. The molecule has 1 unspecified atom stereocenters. The van der Waals surface area contributed by atoms with E-state index in [4.69, 9.17) is 0 Å². The highest BCUT2D eigenvalue weighted by atomic mass is 15.2. The predicted molar refractivity (Wildman–Crippen MR) is 67.7 cm³/mol. The van der Waals surface area contributed by atoms with Crippen LogP contribution in [0, 0.1) is 0 Å². The molecule has 0 aliphatic heterocycles. The third kappa shape index (κ3) is 3.00. The van der Waals surface area contributed by atoms with E-state index in [1.165, 1.54) is 38.5 Å². The van der Waals surface area contributed by atoms with E-state index in [2.05, 4.69) is 34.9 Å². The molecule has 90 valence electrons. The highest BCUT2D eigenvalue weighted by molar-refractivity contribution is 5.29. The number of rotatable bonds is 7. The molecular weight excluding hydrogens is 198 g/mol. The SMILES string of the molecule is CCCCCC(C)Nc1nccn1C1CC1. The van der Waals surface area contributed by atoms with Gasteiger partial charge in [0.05, 0.1) is 0 Å². The first-order valence-electron chi connectivity index (χ1n) is 6.60. The summed E-state index contributed by atoms with van der Waals surface area (Å²) in [6.07, 6.45) is 11.8. The van der Waals surface area contributed by atoms with E-state index in [-0.39, 0.29) is 0 Å². The minimum absolute atomic E-state index is 0.534. The molecule has 0 amide bonds. The van der Waals surface area contributed by atoms with E-state index in [0.29, 0.717) is 12.1 Å². The summed E-state index contributed by atoms with van der Waals surface area (Å²) in [4.78, 5) is 4.40. The molecule has 1 N–H and O–H groups in total. The Morgan fingerprint density at radius 3 is 3.00 bits per heavy atom. The van der Waals surface area contributed by atoms with Crippen molar-refractivity contribution in [3.05, 3.63) is 12.4 Å². The summed E-state index contributed by atoms with van der Waals surface area (Å²) in [6.45, 7) is 4.50. The zero-order chi connectivity index (χ0) is 11.4. The van der Waals surface area contributed by atoms with Gasteiger partial charge in [0.1, 0.15) is 0 Å². The van der Waals surface area contributed by atoms with Crippen molar-refractivity contribution in [2.24, 2.45) is 0 Å². The van der Waals surface area contributed by atoms with Gasteiger partial charge in [0.15, 0.2) is 0 Å². The van der Waals surface area contributed by atoms with Gasteiger partial charge in [-0.3, -0.25) is 0 Å². The summed E-state index contributed by atoms with van der Waals surface area (Å²) >= 11 is 0. The Bertz CT molecular complexity index is 315. The average Bonchev–Trinajstić information content (AvgIpc) is 3.01. The van der Waals surface area contributed by atoms with Crippen molar-refractivity contribution in [1.82, 2.24) is 9.55 Å². The number of aromatic nitrogens is 2. The number of nitrogens with zero attached hydrogens (tertiary/aromatic N) is 2. The van der Waals surface area contributed by atoms with Gasteiger partial charge in [-0.15, -0.1) is 0 Å². The molecule has 2 rings (SSSR count). The van der Waals surface area contributed by atoms with Crippen LogP contribution in [0.25, 0.3) is 0 Å². The number of unbranched alkanes of at least 4 members (excludes halogenated alkanes) is 2. The van der Waals surface area contributed by atoms with Crippen molar-refractivity contribution < 1.29 is 0 Å². The van der Waals surface area contributed by atoms with Crippen molar-refractivity contribution >= 4 is 5.95 Å². The minimum atomic E-state index is 0.534. The van der Waals surface area contributed by atoms with Crippen molar-refractivity contribution in [1.29, 1.82) is 0 Å². The van der Waals surface area contributed by atoms with E-state index in [1.54, 1.807) is 0 Å². The molecule has 0 bridgehead atoms. The second kappa shape index (κ2) is 5.37. The van der Waals surface area contributed by atoms with Crippen LogP contribution in [-0.2, 0) is 0 Å². The highest BCUT2D eigenvalue weighted by Crippen LogP contribution is 2.36. The Hall–Kier alpha value is -0.990. The summed E-state index contributed by atoms with van der Waals surface area (Å²) in [5.74, 6) is 1.06. The Kier molecular flexibility index (Phi) is 3.86. The fourth-order valence-electron chi connectivity index (χ4n) is 2.07. The summed E-state index contributed by atoms with van der Waals surface area (Å²) in [7, 11) is 0. The Morgan fingerprint density at radius 1 is 1.50 bits per heavy atom. The van der Waals surface area contributed by atoms with Gasteiger partial charge in [0.2, 0.25) is 5.95 Å². The first-order valence-corrected chi connectivity index (χ1v) is 6.60. The lowest BCUT2D eigenvalue weighted by Gasteiger charge is -2.15. The molecule has 1 fully saturated rings. The monoisotopic (exact) mass is 221 g/mol. The maximum atomic E-state index is 4.40. The van der Waals surface area contributed by atoms with Crippen LogP contribution in [0.15, 0.2) is 12.4 Å². The van der Waals surface area contributed by atoms with Crippen molar-refractivity contribution in [3.63, 3.8) is 0 Å². The van der Waals surface area contributed by atoms with Crippen molar-refractivity contribution in [3.8, 4) is 0 Å². The van der Waals surface area contributed by atoms with E-state index in [1.807, 2.05) is 6.20 Å². The van der Waals surface area contributed by atoms with Gasteiger partial charge in [0, 0.05) is 24.5 Å². The van der Waals surface area contributed by atoms with Crippen LogP contribution in [0.2, 0.25) is 0 Å². The summed E-state index contributed by atoms with van der Waals surface area (Å²) < 4.78 is 2.29. The molecule has 1 atom stereocenters. The number of hydrogen-bond donors (Lipinski definition) is 1. The molecular formula is C13H23N3. The summed E-state index contributed by atoms with van der Waals surface area (Å²) in [5.41, 5.74) is 0. The van der Waals surface area contributed by atoms with Gasteiger partial charge in [-0.25, -0.2) is 4.98 Å². The maximum absolute atomic E-state index is 4.40. The maximum Gasteiger partial charge on any atom is 0.203 e. The largest absolute Gasteiger partial charge is 0.353 e. The number of imidazole rings is 1. The van der Waals surface area contributed by atoms with Gasteiger partial charge >= 0.3 is 0 Å². The molecule has 16 heavy (non-hydrogen) atoms. The van der Waals surface area contributed by atoms with Crippen LogP contribution in [-0.4, -0.2) is 15.6 Å². The molecule has 1 saturated carbocycles. The lowest BCUT2D eigenvalue weighted by Crippen LogP contribution is -2.18. The standard InChI is InChI=1S/C13H23N3/c1-3-4-5-6-11(2)15-13-14-9-10-16(13)12-7-8-12/h9-12H,3-8H2,1-2H3,(H,14,15). The molecule has 1 aliphatic carbocycles. The van der Waals surface area contributed by atoms with Gasteiger partial charge in [-0.05, 0) is 26.2 Å². The van der Waals surface area contributed by atoms with E-state index >= 15 is 0 Å². The number of anilines is 1. The number of hydrogen-bond acceptors (Lipinski definition) is 2. The fourth-order valence-corrected chi connectivity index (χ4v) is 2.07. The van der Waals surface area contributed by atoms with Crippen molar-refractivity contribution in [2.75, 3.05) is 5.32 Å². The second-order valence-electron chi connectivity index (χ2n) is 4.93. The van der Waals surface area contributed by atoms with Gasteiger partial charge < -0.3 is 9.88 Å². The van der Waals surface area contributed by atoms with Crippen LogP contribution in [0.5, 0.6) is 0 Å². The normalized spacial score (nSPS) is 17.4. The predicted octanol–water partition coefficient (Wildman–Crippen LogP) is 3.60. The molecule has 1 aromatic rings. The van der Waals surface area contributed by atoms with Crippen LogP contribution >= 0.6 is 0 Å². The molecule has 0 spiro atoms. The quantitative estimate of drug-likeness (QED) is 0.713. The van der Waals surface area contributed by atoms with E-state index in [9.17, 15) is 0 Å². The van der Waals surface area contributed by atoms with Crippen LogP contribution in [0.1, 0.15) is 58.4 Å². The Labute approximate surface area is 98.3 Å². The smallest absolute Gasteiger partial charge is 0.203 e. The third-order valence-corrected chi connectivity index (χ3v) is 3.23. The zero-order valence-electron chi connectivity index (χ0n) is 10.4. The van der Waals surface area contributed by atoms with Gasteiger partial charge in [-0.1, -0.05) is 26.2 Å². The van der Waals surface area contributed by atoms with Gasteiger partial charge in [0.25, 0.3) is 0 Å². The van der Waals surface area contributed by atoms with Crippen LogP contribution in [0.4, 0.5) is 5.95 Å².